The molecule has 1 fully saturated rings. The van der Waals surface area contributed by atoms with Crippen LogP contribution in [0.1, 0.15) is 50.6 Å². The Hall–Kier alpha value is -3.32. The van der Waals surface area contributed by atoms with E-state index in [9.17, 15) is 35.9 Å². The van der Waals surface area contributed by atoms with Gasteiger partial charge in [-0.2, -0.15) is 26.3 Å². The molecular weight excluding hydrogens is 645 g/mol. The van der Waals surface area contributed by atoms with Crippen molar-refractivity contribution in [2.24, 2.45) is 0 Å². The zero-order chi connectivity index (χ0) is 32.9. The molecule has 0 spiro atoms. The molecule has 3 aromatic carbocycles. The summed E-state index contributed by atoms with van der Waals surface area (Å²) in [6, 6.07) is 12.4. The summed E-state index contributed by atoms with van der Waals surface area (Å²) in [5, 5.41) is 8.66. The Morgan fingerprint density at radius 1 is 0.933 bits per heavy atom. The summed E-state index contributed by atoms with van der Waals surface area (Å²) in [5.41, 5.74) is -1.30. The molecule has 14 heteroatoms. The van der Waals surface area contributed by atoms with Gasteiger partial charge in [-0.15, -0.1) is 0 Å². The largest absolute Gasteiger partial charge is 0.416 e. The van der Waals surface area contributed by atoms with Gasteiger partial charge in [0.05, 0.1) is 33.8 Å². The normalized spacial score (nSPS) is 16.4. The molecule has 0 radical (unpaired) electrons. The van der Waals surface area contributed by atoms with E-state index < -0.39 is 46.9 Å². The molecule has 0 saturated carbocycles. The maximum absolute atomic E-state index is 13.3. The number of nitrogens with one attached hydrogen (secondary N) is 3. The monoisotopic (exact) mass is 674 g/mol. The summed E-state index contributed by atoms with van der Waals surface area (Å²) in [6.45, 7) is 3.94. The van der Waals surface area contributed by atoms with E-state index in [1.807, 2.05) is 19.1 Å². The van der Waals surface area contributed by atoms with Crippen LogP contribution in [-0.4, -0.2) is 48.9 Å². The second kappa shape index (κ2) is 14.4. The third kappa shape index (κ3) is 9.83. The summed E-state index contributed by atoms with van der Waals surface area (Å²) in [4.78, 5) is 28.0. The highest BCUT2D eigenvalue weighted by molar-refractivity contribution is 6.42. The number of carbonyl (C=O) groups excluding carboxylic acids is 2. The molecular formula is C31H30Cl2F6N4O2. The van der Waals surface area contributed by atoms with E-state index in [1.54, 1.807) is 0 Å². The number of aryl methyl sites for hydroxylation is 1. The van der Waals surface area contributed by atoms with Crippen LogP contribution >= 0.6 is 23.2 Å². The quantitative estimate of drug-likeness (QED) is 0.207. The molecule has 242 valence electrons. The molecule has 1 aliphatic rings. The number of rotatable bonds is 10. The van der Waals surface area contributed by atoms with E-state index in [4.69, 9.17) is 23.2 Å². The molecule has 0 aromatic heterocycles. The maximum atomic E-state index is 13.3. The van der Waals surface area contributed by atoms with Crippen LogP contribution in [0.15, 0.2) is 60.7 Å². The molecule has 1 saturated heterocycles. The molecule has 2 atom stereocenters. The Labute approximate surface area is 266 Å². The minimum Gasteiger partial charge on any atom is -0.350 e. The van der Waals surface area contributed by atoms with E-state index in [0.717, 1.165) is 26.1 Å². The number of likely N-dealkylation sites (tertiary alicyclic amines) is 1. The molecule has 2 amide bonds. The lowest BCUT2D eigenvalue weighted by atomic mass is 10.0. The van der Waals surface area contributed by atoms with Crippen molar-refractivity contribution in [3.05, 3.63) is 104 Å². The van der Waals surface area contributed by atoms with Crippen LogP contribution in [-0.2, 0) is 23.7 Å². The highest BCUT2D eigenvalue weighted by Gasteiger charge is 2.37. The van der Waals surface area contributed by atoms with Crippen molar-refractivity contribution in [3.8, 4) is 0 Å². The van der Waals surface area contributed by atoms with E-state index in [0.29, 0.717) is 17.7 Å². The molecule has 0 bridgehead atoms. The second-order valence-electron chi connectivity index (χ2n) is 10.9. The number of amides is 2. The van der Waals surface area contributed by atoms with Crippen LogP contribution in [0.5, 0.6) is 0 Å². The van der Waals surface area contributed by atoms with Gasteiger partial charge in [0.25, 0.3) is 5.91 Å². The van der Waals surface area contributed by atoms with Crippen molar-refractivity contribution in [2.75, 3.05) is 26.2 Å². The average Bonchev–Trinajstić information content (AvgIpc) is 3.41. The smallest absolute Gasteiger partial charge is 0.350 e. The van der Waals surface area contributed by atoms with Gasteiger partial charge in [0.15, 0.2) is 0 Å². The lowest BCUT2D eigenvalue weighted by Gasteiger charge is -2.22. The van der Waals surface area contributed by atoms with Gasteiger partial charge in [-0.25, -0.2) is 0 Å². The summed E-state index contributed by atoms with van der Waals surface area (Å²) in [5.74, 6) is -1.64. The van der Waals surface area contributed by atoms with Crippen LogP contribution in [0.3, 0.4) is 0 Å². The fraction of sp³-hybridized carbons (Fsp3) is 0.355. The zero-order valence-corrected chi connectivity index (χ0v) is 25.5. The summed E-state index contributed by atoms with van der Waals surface area (Å²) < 4.78 is 79.7. The molecule has 4 rings (SSSR count). The lowest BCUT2D eigenvalue weighted by Crippen LogP contribution is -2.44. The Morgan fingerprint density at radius 3 is 2.24 bits per heavy atom. The number of hydrogen-bond donors (Lipinski definition) is 3. The van der Waals surface area contributed by atoms with Gasteiger partial charge >= 0.3 is 12.4 Å². The van der Waals surface area contributed by atoms with E-state index in [-0.39, 0.29) is 35.2 Å². The van der Waals surface area contributed by atoms with Crippen molar-refractivity contribution in [1.29, 1.82) is 0 Å². The average molecular weight is 676 g/mol. The third-order valence-electron chi connectivity index (χ3n) is 7.31. The number of carbonyl (C=O) groups is 2. The number of benzene rings is 3. The van der Waals surface area contributed by atoms with E-state index in [1.165, 1.54) is 29.3 Å². The number of halogens is 8. The molecule has 45 heavy (non-hydrogen) atoms. The molecule has 2 unspecified atom stereocenters. The molecule has 0 aliphatic carbocycles. The first kappa shape index (κ1) is 34.6. The van der Waals surface area contributed by atoms with Gasteiger partial charge in [-0.3, -0.25) is 14.5 Å². The first-order valence-corrected chi connectivity index (χ1v) is 14.7. The fourth-order valence-electron chi connectivity index (χ4n) is 5.06. The highest BCUT2D eigenvalue weighted by atomic mass is 35.5. The number of nitrogens with zero attached hydrogens (tertiary/aromatic N) is 1. The van der Waals surface area contributed by atoms with E-state index >= 15 is 0 Å². The predicted molar refractivity (Wildman–Crippen MR) is 159 cm³/mol. The molecule has 3 N–H and O–H groups in total. The summed E-state index contributed by atoms with van der Waals surface area (Å²) >= 11 is 12.1. The Bertz CT molecular complexity index is 1500. The minimum absolute atomic E-state index is 0.0485. The Kier molecular flexibility index (Phi) is 11.1. The predicted octanol–water partition coefficient (Wildman–Crippen LogP) is 6.79. The van der Waals surface area contributed by atoms with Gasteiger partial charge in [-0.1, -0.05) is 59.1 Å². The molecule has 1 heterocycles. The van der Waals surface area contributed by atoms with Crippen LogP contribution in [0, 0.1) is 6.92 Å². The Balaban J connectivity index is 1.41. The molecule has 1 aliphatic heterocycles. The van der Waals surface area contributed by atoms with Crippen molar-refractivity contribution >= 4 is 35.0 Å². The van der Waals surface area contributed by atoms with Gasteiger partial charge in [0.2, 0.25) is 5.91 Å². The maximum Gasteiger partial charge on any atom is 0.416 e. The zero-order valence-electron chi connectivity index (χ0n) is 24.0. The highest BCUT2D eigenvalue weighted by Crippen LogP contribution is 2.36. The van der Waals surface area contributed by atoms with E-state index in [2.05, 4.69) is 33.0 Å². The molecule has 6 nitrogen and oxygen atoms in total. The van der Waals surface area contributed by atoms with Crippen LogP contribution in [0.2, 0.25) is 10.0 Å². The van der Waals surface area contributed by atoms with Crippen molar-refractivity contribution in [2.45, 2.75) is 44.3 Å². The van der Waals surface area contributed by atoms with Crippen LogP contribution in [0.25, 0.3) is 0 Å². The van der Waals surface area contributed by atoms with Crippen LogP contribution in [0.4, 0.5) is 26.3 Å². The van der Waals surface area contributed by atoms with Crippen molar-refractivity contribution in [1.82, 2.24) is 20.9 Å². The van der Waals surface area contributed by atoms with Crippen molar-refractivity contribution < 1.29 is 35.9 Å². The van der Waals surface area contributed by atoms with Gasteiger partial charge in [0, 0.05) is 37.8 Å². The first-order valence-electron chi connectivity index (χ1n) is 13.9. The fourth-order valence-corrected chi connectivity index (χ4v) is 5.36. The minimum atomic E-state index is -5.11. The van der Waals surface area contributed by atoms with Gasteiger partial charge < -0.3 is 16.0 Å². The number of alkyl halides is 6. The van der Waals surface area contributed by atoms with Gasteiger partial charge in [0.1, 0.15) is 0 Å². The molecule has 3 aromatic rings. The summed E-state index contributed by atoms with van der Waals surface area (Å²) in [7, 11) is 0. The van der Waals surface area contributed by atoms with Crippen molar-refractivity contribution in [3.63, 3.8) is 0 Å². The van der Waals surface area contributed by atoms with Crippen LogP contribution < -0.4 is 16.0 Å². The lowest BCUT2D eigenvalue weighted by molar-refractivity contribution is -0.143. The second-order valence-corrected chi connectivity index (χ2v) is 11.7. The number of hydrogen-bond acceptors (Lipinski definition) is 4. The Morgan fingerprint density at radius 2 is 1.62 bits per heavy atom. The van der Waals surface area contributed by atoms with Gasteiger partial charge in [-0.05, 0) is 54.8 Å². The summed E-state index contributed by atoms with van der Waals surface area (Å²) in [6.07, 6.45) is -9.41. The third-order valence-corrected chi connectivity index (χ3v) is 8.05. The first-order chi connectivity index (χ1) is 21.1. The standard InChI is InChI=1S/C31H30Cl2F6N4O2/c1-18-3-2-4-19(9-18)16-43-8-7-24(17-43)40-15-28(44)42-27(20-5-6-25(32)26(33)12-20)14-41-29(45)21-10-22(30(34,35)36)13-23(11-21)31(37,38)39/h2-6,9-13,24,27,40H,7-8,14-17H2,1H3,(H,41,45)(H,42,44). The topological polar surface area (TPSA) is 73.5 Å². The SMILES string of the molecule is Cc1cccc(CN2CCC(NCC(=O)NC(CNC(=O)c3cc(C(F)(F)F)cc(C(F)(F)F)c3)c3ccc(Cl)c(Cl)c3)C2)c1.